The quantitative estimate of drug-likeness (QED) is 0.634. The second kappa shape index (κ2) is 7.39. The molecule has 26 heavy (non-hydrogen) atoms. The number of carbonyl (C=O) groups excluding carboxylic acids is 3. The van der Waals surface area contributed by atoms with Crippen LogP contribution in [0.3, 0.4) is 0 Å². The van der Waals surface area contributed by atoms with Gasteiger partial charge in [-0.05, 0) is 30.7 Å². The number of nitrogens with one attached hydrogen (secondary N) is 2. The van der Waals surface area contributed by atoms with Crippen LogP contribution in [0.2, 0.25) is 0 Å². The molecule has 2 aromatic carbocycles. The van der Waals surface area contributed by atoms with Crippen LogP contribution in [-0.2, 0) is 16.0 Å². The van der Waals surface area contributed by atoms with Crippen LogP contribution < -0.4 is 10.6 Å². The predicted molar refractivity (Wildman–Crippen MR) is 95.8 cm³/mol. The first-order valence-electron chi connectivity index (χ1n) is 8.42. The largest absolute Gasteiger partial charge is 0.445 e. The Balaban J connectivity index is 1.52. The molecule has 0 saturated carbocycles. The molecular formula is C20H20N2O4. The maximum absolute atomic E-state index is 12.5. The molecule has 1 heterocycles. The molecule has 6 heteroatoms. The van der Waals surface area contributed by atoms with Crippen LogP contribution >= 0.6 is 0 Å². The Morgan fingerprint density at radius 2 is 1.65 bits per heavy atom. The molecule has 0 fully saturated rings. The van der Waals surface area contributed by atoms with Crippen LogP contribution in [0.1, 0.15) is 33.2 Å². The summed E-state index contributed by atoms with van der Waals surface area (Å²) in [6.07, 6.45) is 0.317. The smallest absolute Gasteiger partial charge is 0.339 e. The van der Waals surface area contributed by atoms with E-state index in [-0.39, 0.29) is 24.9 Å². The number of fused-ring (bicyclic) bond motifs is 1. The summed E-state index contributed by atoms with van der Waals surface area (Å²) in [6, 6.07) is 15.9. The fourth-order valence-corrected chi connectivity index (χ4v) is 2.89. The minimum Gasteiger partial charge on any atom is -0.445 e. The van der Waals surface area contributed by atoms with Crippen LogP contribution in [0.15, 0.2) is 54.6 Å². The van der Waals surface area contributed by atoms with Crippen molar-refractivity contribution in [1.29, 1.82) is 0 Å². The lowest BCUT2D eigenvalue weighted by Crippen LogP contribution is -2.52. The first-order chi connectivity index (χ1) is 12.5. The van der Waals surface area contributed by atoms with Crippen LogP contribution in [0.5, 0.6) is 0 Å². The zero-order chi connectivity index (χ0) is 18.6. The van der Waals surface area contributed by atoms with Crippen molar-refractivity contribution < 1.29 is 19.1 Å². The van der Waals surface area contributed by atoms with Crippen LogP contribution in [-0.4, -0.2) is 36.5 Å². The van der Waals surface area contributed by atoms with E-state index < -0.39 is 11.6 Å². The highest BCUT2D eigenvalue weighted by Gasteiger charge is 2.42. The lowest BCUT2D eigenvalue weighted by molar-refractivity contribution is -0.139. The lowest BCUT2D eigenvalue weighted by Gasteiger charge is -2.33. The third-order valence-corrected chi connectivity index (χ3v) is 4.30. The Morgan fingerprint density at radius 1 is 1.00 bits per heavy atom. The van der Waals surface area contributed by atoms with Crippen molar-refractivity contribution in [2.45, 2.75) is 18.9 Å². The third-order valence-electron chi connectivity index (χ3n) is 4.30. The molecule has 3 rings (SSSR count). The van der Waals surface area contributed by atoms with E-state index in [0.717, 1.165) is 5.56 Å². The summed E-state index contributed by atoms with van der Waals surface area (Å²) < 4.78 is 5.37. The number of hydrogen-bond donors (Lipinski definition) is 2. The van der Waals surface area contributed by atoms with Crippen molar-refractivity contribution in [3.8, 4) is 0 Å². The fraction of sp³-hybridized carbons (Fsp3) is 0.250. The summed E-state index contributed by atoms with van der Waals surface area (Å²) in [5.74, 6) is -1.08. The molecule has 0 bridgehead atoms. The second-order valence-electron chi connectivity index (χ2n) is 6.33. The summed E-state index contributed by atoms with van der Waals surface area (Å²) in [7, 11) is 0. The molecule has 6 nitrogen and oxygen atoms in total. The number of rotatable bonds is 5. The van der Waals surface area contributed by atoms with Crippen molar-refractivity contribution in [2.24, 2.45) is 0 Å². The molecule has 2 N–H and O–H groups in total. The topological polar surface area (TPSA) is 84.5 Å². The zero-order valence-electron chi connectivity index (χ0n) is 14.5. The van der Waals surface area contributed by atoms with Crippen molar-refractivity contribution in [3.63, 3.8) is 0 Å². The van der Waals surface area contributed by atoms with Crippen LogP contribution in [0, 0.1) is 0 Å². The highest BCUT2D eigenvalue weighted by Crippen LogP contribution is 2.28. The maximum Gasteiger partial charge on any atom is 0.339 e. The monoisotopic (exact) mass is 352 g/mol. The van der Waals surface area contributed by atoms with Crippen LogP contribution in [0.4, 0.5) is 0 Å². The molecule has 1 unspecified atom stereocenters. The predicted octanol–water partition coefficient (Wildman–Crippen LogP) is 1.70. The molecule has 0 saturated heterocycles. The van der Waals surface area contributed by atoms with Gasteiger partial charge < -0.3 is 15.4 Å². The van der Waals surface area contributed by atoms with Gasteiger partial charge >= 0.3 is 5.97 Å². The molecule has 0 spiro atoms. The number of benzene rings is 2. The van der Waals surface area contributed by atoms with Crippen molar-refractivity contribution in [1.82, 2.24) is 10.6 Å². The summed E-state index contributed by atoms with van der Waals surface area (Å²) in [5.41, 5.74) is 0.588. The Bertz CT molecular complexity index is 835. The zero-order valence-corrected chi connectivity index (χ0v) is 14.5. The van der Waals surface area contributed by atoms with E-state index in [1.165, 1.54) is 0 Å². The molecule has 2 aromatic rings. The second-order valence-corrected chi connectivity index (χ2v) is 6.33. The fourth-order valence-electron chi connectivity index (χ4n) is 2.89. The molecule has 2 amide bonds. The molecule has 0 aromatic heterocycles. The van der Waals surface area contributed by atoms with Crippen LogP contribution in [0.25, 0.3) is 0 Å². The minimum atomic E-state index is -1.26. The highest BCUT2D eigenvalue weighted by atomic mass is 16.6. The normalized spacial score (nSPS) is 18.4. The van der Waals surface area contributed by atoms with Gasteiger partial charge in [0.05, 0.1) is 5.56 Å². The SMILES string of the molecule is CC1(C(=O)NCCNC(=O)c2ccccc2)Cc2ccccc2C(=O)O1. The van der Waals surface area contributed by atoms with E-state index in [1.807, 2.05) is 18.2 Å². The standard InChI is InChI=1S/C20H20N2O4/c1-20(13-15-9-5-6-10-16(15)18(24)26-20)19(25)22-12-11-21-17(23)14-7-3-2-4-8-14/h2-10H,11-13H2,1H3,(H,21,23)(H,22,25). The van der Waals surface area contributed by atoms with Crippen molar-refractivity contribution >= 4 is 17.8 Å². The van der Waals surface area contributed by atoms with Gasteiger partial charge in [-0.25, -0.2) is 4.79 Å². The van der Waals surface area contributed by atoms with Gasteiger partial charge in [0.25, 0.3) is 11.8 Å². The van der Waals surface area contributed by atoms with E-state index >= 15 is 0 Å². The molecule has 134 valence electrons. The molecule has 1 aliphatic rings. The Labute approximate surface area is 151 Å². The molecule has 1 atom stereocenters. The summed E-state index contributed by atoms with van der Waals surface area (Å²) >= 11 is 0. The number of hydrogen-bond acceptors (Lipinski definition) is 4. The van der Waals surface area contributed by atoms with Gasteiger partial charge in [-0.3, -0.25) is 9.59 Å². The molecule has 0 radical (unpaired) electrons. The molecular weight excluding hydrogens is 332 g/mol. The van der Waals surface area contributed by atoms with E-state index in [4.69, 9.17) is 4.74 Å². The number of cyclic esters (lactones) is 1. The highest BCUT2D eigenvalue weighted by molar-refractivity contribution is 5.97. The Hall–Kier alpha value is -3.15. The van der Waals surface area contributed by atoms with Crippen molar-refractivity contribution in [3.05, 3.63) is 71.3 Å². The van der Waals surface area contributed by atoms with Gasteiger partial charge in [0.1, 0.15) is 0 Å². The third kappa shape index (κ3) is 3.74. The summed E-state index contributed by atoms with van der Waals surface area (Å²) in [5, 5.41) is 5.45. The van der Waals surface area contributed by atoms with Crippen molar-refractivity contribution in [2.75, 3.05) is 13.1 Å². The summed E-state index contributed by atoms with van der Waals surface area (Å²) in [4.78, 5) is 36.6. The Morgan fingerprint density at radius 3 is 2.42 bits per heavy atom. The first-order valence-corrected chi connectivity index (χ1v) is 8.42. The van der Waals surface area contributed by atoms with Gasteiger partial charge in [-0.2, -0.15) is 0 Å². The van der Waals surface area contributed by atoms with E-state index in [0.29, 0.717) is 17.5 Å². The van der Waals surface area contributed by atoms with Gasteiger partial charge in [0.2, 0.25) is 0 Å². The number of amides is 2. The van der Waals surface area contributed by atoms with Gasteiger partial charge in [-0.15, -0.1) is 0 Å². The van der Waals surface area contributed by atoms with Gasteiger partial charge in [-0.1, -0.05) is 36.4 Å². The number of ether oxygens (including phenoxy) is 1. The number of esters is 1. The Kier molecular flexibility index (Phi) is 5.02. The average Bonchev–Trinajstić information content (AvgIpc) is 2.65. The summed E-state index contributed by atoms with van der Waals surface area (Å²) in [6.45, 7) is 2.12. The maximum atomic E-state index is 12.5. The van der Waals surface area contributed by atoms with Gasteiger partial charge in [0, 0.05) is 25.1 Å². The molecule has 0 aliphatic carbocycles. The lowest BCUT2D eigenvalue weighted by atomic mass is 9.89. The van der Waals surface area contributed by atoms with Gasteiger partial charge in [0.15, 0.2) is 5.60 Å². The number of carbonyl (C=O) groups is 3. The van der Waals surface area contributed by atoms with E-state index in [1.54, 1.807) is 43.3 Å². The minimum absolute atomic E-state index is 0.205. The van der Waals surface area contributed by atoms with E-state index in [9.17, 15) is 14.4 Å². The average molecular weight is 352 g/mol. The molecule has 1 aliphatic heterocycles. The first kappa shape index (κ1) is 17.7. The van der Waals surface area contributed by atoms with E-state index in [2.05, 4.69) is 10.6 Å².